The van der Waals surface area contributed by atoms with E-state index in [9.17, 15) is 0 Å². The molecule has 5 nitrogen and oxygen atoms in total. The summed E-state index contributed by atoms with van der Waals surface area (Å²) in [6.45, 7) is 0. The average Bonchev–Trinajstić information content (AvgIpc) is 3.78. The molecule has 3 aromatic heterocycles. The van der Waals surface area contributed by atoms with E-state index in [1.807, 2.05) is 18.2 Å². The fraction of sp³-hybridized carbons (Fsp3) is 0.0192. The van der Waals surface area contributed by atoms with Gasteiger partial charge in [-0.1, -0.05) is 133 Å². The van der Waals surface area contributed by atoms with Gasteiger partial charge in [0.1, 0.15) is 0 Å². The number of nitrogens with zero attached hydrogens (tertiary/aromatic N) is 5. The Balaban J connectivity index is 1.17. The minimum atomic E-state index is 0.614. The van der Waals surface area contributed by atoms with Crippen molar-refractivity contribution in [1.82, 2.24) is 24.1 Å². The monoisotopic (exact) mass is 729 g/mol. The van der Waals surface area contributed by atoms with Gasteiger partial charge in [-0.2, -0.15) is 0 Å². The lowest BCUT2D eigenvalue weighted by Gasteiger charge is -2.14. The summed E-state index contributed by atoms with van der Waals surface area (Å²) in [4.78, 5) is 15.9. The molecule has 0 aliphatic heterocycles. The predicted molar refractivity (Wildman–Crippen MR) is 235 cm³/mol. The fourth-order valence-corrected chi connectivity index (χ4v) is 8.45. The van der Waals surface area contributed by atoms with Gasteiger partial charge < -0.3 is 9.13 Å². The molecule has 0 spiro atoms. The zero-order chi connectivity index (χ0) is 37.9. The Morgan fingerprint density at radius 2 is 0.860 bits per heavy atom. The molecule has 268 valence electrons. The van der Waals surface area contributed by atoms with Gasteiger partial charge in [0.05, 0.1) is 11.0 Å². The summed E-state index contributed by atoms with van der Waals surface area (Å²) in [6, 6.07) is 68.5. The van der Waals surface area contributed by atoms with Crippen LogP contribution in [-0.4, -0.2) is 24.1 Å². The van der Waals surface area contributed by atoms with Crippen LogP contribution in [0.15, 0.2) is 194 Å². The van der Waals surface area contributed by atoms with Crippen molar-refractivity contribution in [3.8, 4) is 62.1 Å². The van der Waals surface area contributed by atoms with E-state index in [0.29, 0.717) is 17.5 Å². The van der Waals surface area contributed by atoms with Gasteiger partial charge in [-0.25, -0.2) is 15.0 Å². The van der Waals surface area contributed by atoms with Crippen molar-refractivity contribution in [2.45, 2.75) is 0 Å². The molecule has 11 aromatic rings. The highest BCUT2D eigenvalue weighted by Crippen LogP contribution is 2.40. The first-order chi connectivity index (χ1) is 28.2. The molecule has 8 aromatic carbocycles. The summed E-state index contributed by atoms with van der Waals surface area (Å²) in [5.41, 5.74) is 12.9. The summed E-state index contributed by atoms with van der Waals surface area (Å²) in [5, 5.41) is 4.80. The van der Waals surface area contributed by atoms with Crippen LogP contribution in [0.5, 0.6) is 0 Å². The van der Waals surface area contributed by atoms with Crippen LogP contribution in [0.1, 0.15) is 0 Å². The Kier molecular flexibility index (Phi) is 7.64. The molecule has 0 aliphatic rings. The van der Waals surface area contributed by atoms with Crippen LogP contribution in [0, 0.1) is 0 Å². The highest BCUT2D eigenvalue weighted by atomic mass is 15.0. The molecule has 0 radical (unpaired) electrons. The minimum absolute atomic E-state index is 0.614. The first-order valence-electron chi connectivity index (χ1n) is 19.3. The van der Waals surface area contributed by atoms with Crippen LogP contribution < -0.4 is 0 Å². The molecular weight excluding hydrogens is 695 g/mol. The lowest BCUT2D eigenvalue weighted by atomic mass is 9.95. The van der Waals surface area contributed by atoms with Gasteiger partial charge in [0.15, 0.2) is 17.5 Å². The zero-order valence-corrected chi connectivity index (χ0v) is 31.2. The molecule has 0 unspecified atom stereocenters. The molecule has 0 amide bonds. The van der Waals surface area contributed by atoms with E-state index in [1.54, 1.807) is 0 Å². The van der Waals surface area contributed by atoms with Gasteiger partial charge >= 0.3 is 0 Å². The first kappa shape index (κ1) is 32.8. The van der Waals surface area contributed by atoms with Gasteiger partial charge in [-0.05, 0) is 82.9 Å². The number of benzene rings is 8. The molecular formula is C52H35N5. The number of hydrogen-bond acceptors (Lipinski definition) is 3. The molecule has 0 N–H and O–H groups in total. The van der Waals surface area contributed by atoms with Gasteiger partial charge in [-0.15, -0.1) is 0 Å². The van der Waals surface area contributed by atoms with Crippen molar-refractivity contribution < 1.29 is 0 Å². The molecule has 57 heavy (non-hydrogen) atoms. The van der Waals surface area contributed by atoms with E-state index in [1.165, 1.54) is 27.2 Å². The highest BCUT2D eigenvalue weighted by Gasteiger charge is 2.21. The van der Waals surface area contributed by atoms with Crippen LogP contribution in [0.4, 0.5) is 0 Å². The Hall–Kier alpha value is -7.63. The maximum Gasteiger partial charge on any atom is 0.166 e. The van der Waals surface area contributed by atoms with E-state index >= 15 is 0 Å². The summed E-state index contributed by atoms with van der Waals surface area (Å²) in [6.07, 6.45) is 0. The van der Waals surface area contributed by atoms with Crippen LogP contribution in [-0.2, 0) is 7.05 Å². The molecule has 0 atom stereocenters. The Morgan fingerprint density at radius 1 is 0.333 bits per heavy atom. The Morgan fingerprint density at radius 3 is 1.60 bits per heavy atom. The second-order valence-corrected chi connectivity index (χ2v) is 14.5. The second-order valence-electron chi connectivity index (χ2n) is 14.5. The third-order valence-corrected chi connectivity index (χ3v) is 11.2. The topological polar surface area (TPSA) is 48.5 Å². The smallest absolute Gasteiger partial charge is 0.166 e. The van der Waals surface area contributed by atoms with E-state index < -0.39 is 0 Å². The lowest BCUT2D eigenvalue weighted by molar-refractivity contribution is 1.01. The SMILES string of the molecule is Cn1c2ccccc2c2cc(-c3cc(-c4ccccc4)cc(-c4nc(-c5ccccc5)nc(-c5cccc6c7ccccc7n(-c7ccccc7)c56)n4)c3)ccc21. The summed E-state index contributed by atoms with van der Waals surface area (Å²) in [5.74, 6) is 1.86. The molecule has 0 bridgehead atoms. The summed E-state index contributed by atoms with van der Waals surface area (Å²) >= 11 is 0. The average molecular weight is 730 g/mol. The summed E-state index contributed by atoms with van der Waals surface area (Å²) < 4.78 is 4.61. The molecule has 0 saturated carbocycles. The number of aryl methyl sites for hydroxylation is 1. The van der Waals surface area contributed by atoms with Crippen molar-refractivity contribution in [3.63, 3.8) is 0 Å². The third-order valence-electron chi connectivity index (χ3n) is 11.2. The molecule has 3 heterocycles. The van der Waals surface area contributed by atoms with Crippen molar-refractivity contribution in [1.29, 1.82) is 0 Å². The van der Waals surface area contributed by atoms with Crippen LogP contribution in [0.3, 0.4) is 0 Å². The zero-order valence-electron chi connectivity index (χ0n) is 31.2. The number of hydrogen-bond donors (Lipinski definition) is 0. The molecule has 0 fully saturated rings. The molecule has 0 aliphatic carbocycles. The number of fused-ring (bicyclic) bond motifs is 6. The third kappa shape index (κ3) is 5.51. The van der Waals surface area contributed by atoms with Crippen molar-refractivity contribution in [3.05, 3.63) is 194 Å². The van der Waals surface area contributed by atoms with E-state index in [0.717, 1.165) is 61.1 Å². The quantitative estimate of drug-likeness (QED) is 0.171. The normalized spacial score (nSPS) is 11.6. The molecule has 5 heteroatoms. The van der Waals surface area contributed by atoms with Crippen molar-refractivity contribution >= 4 is 43.6 Å². The fourth-order valence-electron chi connectivity index (χ4n) is 8.45. The van der Waals surface area contributed by atoms with Crippen LogP contribution >= 0.6 is 0 Å². The maximum absolute atomic E-state index is 5.38. The standard InChI is InChI=1S/C52H35N5/c1-56-46-26-13-11-23-42(46)45-33-36(28-29-47(45)56)38-30-37(34-16-5-2-6-17-34)31-39(32-38)51-53-50(35-18-7-3-8-19-35)54-52(55-51)44-25-15-24-43-41-22-12-14-27-48(41)57(49(43)44)40-20-9-4-10-21-40/h2-33H,1H3. The van der Waals surface area contributed by atoms with E-state index in [4.69, 9.17) is 15.0 Å². The molecule has 11 rings (SSSR count). The number of rotatable bonds is 6. The number of aromatic nitrogens is 5. The first-order valence-corrected chi connectivity index (χ1v) is 19.3. The van der Waals surface area contributed by atoms with Gasteiger partial charge in [-0.3, -0.25) is 0 Å². The lowest BCUT2D eigenvalue weighted by Crippen LogP contribution is -2.02. The Bertz CT molecular complexity index is 3290. The number of para-hydroxylation sites is 4. The van der Waals surface area contributed by atoms with Crippen LogP contribution in [0.25, 0.3) is 106 Å². The van der Waals surface area contributed by atoms with Gasteiger partial charge in [0.25, 0.3) is 0 Å². The minimum Gasteiger partial charge on any atom is -0.344 e. The Labute approximate surface area is 329 Å². The van der Waals surface area contributed by atoms with Crippen molar-refractivity contribution in [2.75, 3.05) is 0 Å². The highest BCUT2D eigenvalue weighted by molar-refractivity contribution is 6.13. The predicted octanol–water partition coefficient (Wildman–Crippen LogP) is 12.9. The van der Waals surface area contributed by atoms with E-state index in [-0.39, 0.29) is 0 Å². The van der Waals surface area contributed by atoms with Crippen LogP contribution in [0.2, 0.25) is 0 Å². The molecule has 0 saturated heterocycles. The largest absolute Gasteiger partial charge is 0.344 e. The van der Waals surface area contributed by atoms with Gasteiger partial charge in [0, 0.05) is 62.0 Å². The summed E-state index contributed by atoms with van der Waals surface area (Å²) in [7, 11) is 2.14. The van der Waals surface area contributed by atoms with Gasteiger partial charge in [0.2, 0.25) is 0 Å². The second kappa shape index (κ2) is 13.3. The van der Waals surface area contributed by atoms with Crippen molar-refractivity contribution in [2.24, 2.45) is 7.05 Å². The maximum atomic E-state index is 5.38. The van der Waals surface area contributed by atoms with E-state index in [2.05, 4.69) is 192 Å².